The molecule has 0 atom stereocenters. The van der Waals surface area contributed by atoms with Crippen LogP contribution in [0.2, 0.25) is 0 Å². The summed E-state index contributed by atoms with van der Waals surface area (Å²) in [5.41, 5.74) is 8.83. The molecule has 126 valence electrons. The lowest BCUT2D eigenvalue weighted by Gasteiger charge is -2.10. The Labute approximate surface area is 154 Å². The quantitative estimate of drug-likeness (QED) is 0.614. The topological polar surface area (TPSA) is 37.9 Å². The lowest BCUT2D eigenvalue weighted by molar-refractivity contribution is 0.518. The van der Waals surface area contributed by atoms with Gasteiger partial charge in [-0.15, -0.1) is 0 Å². The first-order chi connectivity index (χ1) is 13.4. The van der Waals surface area contributed by atoms with Crippen molar-refractivity contribution in [3.63, 3.8) is 0 Å². The largest absolute Gasteiger partial charge is 0.452 e. The van der Waals surface area contributed by atoms with Crippen LogP contribution >= 0.6 is 0 Å². The molecule has 3 aromatic rings. The second-order valence-corrected chi connectivity index (χ2v) is 7.32. The van der Waals surface area contributed by atoms with E-state index in [1.165, 1.54) is 32.7 Å². The molecule has 0 saturated heterocycles. The molecule has 0 unspecified atom stereocenters. The molecule has 2 aromatic carbocycles. The highest BCUT2D eigenvalue weighted by atomic mass is 16.3. The number of aliphatic imine (C=N–C) groups is 1. The summed E-state index contributed by atoms with van der Waals surface area (Å²) in [5.74, 6) is 0.921. The molecule has 7 rings (SSSR count). The van der Waals surface area contributed by atoms with Crippen molar-refractivity contribution < 1.29 is 4.42 Å². The van der Waals surface area contributed by atoms with Crippen LogP contribution < -0.4 is 21.2 Å². The molecule has 4 aliphatic rings. The summed E-state index contributed by atoms with van der Waals surface area (Å²) < 4.78 is 6.46. The number of hydrogen-bond acceptors (Lipinski definition) is 3. The average molecular weight is 346 g/mol. The van der Waals surface area contributed by atoms with Crippen LogP contribution in [0, 0.1) is 0 Å². The lowest BCUT2D eigenvalue weighted by Crippen LogP contribution is -2.29. The van der Waals surface area contributed by atoms with E-state index in [1.807, 2.05) is 12.1 Å². The average Bonchev–Trinajstić information content (AvgIpc) is 3.38. The van der Waals surface area contributed by atoms with Gasteiger partial charge in [-0.25, -0.2) is 9.98 Å². The second kappa shape index (κ2) is 4.63. The van der Waals surface area contributed by atoms with Crippen molar-refractivity contribution in [1.82, 2.24) is 0 Å². The summed E-state index contributed by atoms with van der Waals surface area (Å²) in [4.78, 5) is 9.77. The number of para-hydroxylation sites is 2. The zero-order valence-corrected chi connectivity index (χ0v) is 14.5. The van der Waals surface area contributed by atoms with Crippen molar-refractivity contribution in [2.75, 3.05) is 0 Å². The smallest absolute Gasteiger partial charge is 0.160 e. The first kappa shape index (κ1) is 13.7. The van der Waals surface area contributed by atoms with Crippen LogP contribution in [0.5, 0.6) is 0 Å². The minimum atomic E-state index is 0.878. The lowest BCUT2D eigenvalue weighted by atomic mass is 9.91. The zero-order chi connectivity index (χ0) is 17.5. The normalized spacial score (nSPS) is 17.5. The van der Waals surface area contributed by atoms with Crippen LogP contribution in [0.25, 0.3) is 22.9 Å². The number of rotatable bonds is 0. The van der Waals surface area contributed by atoms with E-state index < -0.39 is 0 Å². The van der Waals surface area contributed by atoms with Gasteiger partial charge in [0.1, 0.15) is 11.4 Å². The van der Waals surface area contributed by atoms with Gasteiger partial charge in [-0.1, -0.05) is 48.6 Å². The molecule has 3 heterocycles. The number of nitrogens with zero attached hydrogens (tertiary/aromatic N) is 2. The van der Waals surface area contributed by atoms with E-state index in [2.05, 4.69) is 48.6 Å². The Bertz CT molecular complexity index is 1510. The number of fused-ring (bicyclic) bond motifs is 9. The summed E-state index contributed by atoms with van der Waals surface area (Å²) in [6.07, 6.45) is 6.37. The van der Waals surface area contributed by atoms with Crippen LogP contribution in [-0.4, -0.2) is 5.71 Å². The second-order valence-electron chi connectivity index (χ2n) is 7.32. The standard InChI is InChI=1S/C24H14N2O/c1-3-7-19-13(5-1)15-9-11-17-18-12-10-16-14-6-2-4-8-20(14)26-22(16)24(18)27-23(17)21(15)25-19/h1-9,12H,10-11H2. The monoisotopic (exact) mass is 346 g/mol. The molecule has 0 N–H and O–H groups in total. The van der Waals surface area contributed by atoms with E-state index in [0.29, 0.717) is 0 Å². The third-order valence-corrected chi connectivity index (χ3v) is 5.93. The molecule has 2 aliphatic carbocycles. The maximum absolute atomic E-state index is 6.46. The van der Waals surface area contributed by atoms with Gasteiger partial charge in [0.25, 0.3) is 0 Å². The molecule has 27 heavy (non-hydrogen) atoms. The summed E-state index contributed by atoms with van der Waals surface area (Å²) in [6.45, 7) is 0. The predicted octanol–water partition coefficient (Wildman–Crippen LogP) is 2.13. The Kier molecular flexibility index (Phi) is 2.35. The minimum Gasteiger partial charge on any atom is -0.452 e. The van der Waals surface area contributed by atoms with Crippen LogP contribution in [0.3, 0.4) is 0 Å². The van der Waals surface area contributed by atoms with Crippen LogP contribution in [0.4, 0.5) is 5.69 Å². The van der Waals surface area contributed by atoms with Crippen LogP contribution in [0.15, 0.2) is 69.0 Å². The molecule has 0 spiro atoms. The highest BCUT2D eigenvalue weighted by Crippen LogP contribution is 2.39. The summed E-state index contributed by atoms with van der Waals surface area (Å²) in [7, 11) is 0. The minimum absolute atomic E-state index is 0.878. The molecule has 3 heteroatoms. The number of furan rings is 1. The molecular weight excluding hydrogens is 332 g/mol. The molecule has 0 radical (unpaired) electrons. The zero-order valence-electron chi connectivity index (χ0n) is 14.5. The summed E-state index contributed by atoms with van der Waals surface area (Å²) in [5, 5.41) is 3.48. The van der Waals surface area contributed by atoms with E-state index in [9.17, 15) is 0 Å². The molecule has 0 fully saturated rings. The van der Waals surface area contributed by atoms with Crippen LogP contribution in [-0.2, 0) is 6.42 Å². The van der Waals surface area contributed by atoms with Crippen molar-refractivity contribution in [2.24, 2.45) is 9.98 Å². The van der Waals surface area contributed by atoms with Gasteiger partial charge in [0.2, 0.25) is 0 Å². The first-order valence-corrected chi connectivity index (χ1v) is 9.31. The molecule has 0 amide bonds. The van der Waals surface area contributed by atoms with Gasteiger partial charge in [0.05, 0.1) is 11.0 Å². The SMILES string of the molecule is C1=C2C(=Nc3ccccc32)c2oc3c(c2C1)=CCC1=c2ccccc2=NC=31. The van der Waals surface area contributed by atoms with Gasteiger partial charge >= 0.3 is 0 Å². The van der Waals surface area contributed by atoms with E-state index in [1.54, 1.807) is 0 Å². The van der Waals surface area contributed by atoms with Crippen LogP contribution in [0.1, 0.15) is 23.3 Å². The van der Waals surface area contributed by atoms with E-state index >= 15 is 0 Å². The van der Waals surface area contributed by atoms with Gasteiger partial charge in [-0.3, -0.25) is 0 Å². The fraction of sp³-hybridized carbons (Fsp3) is 0.0833. The molecule has 2 aliphatic heterocycles. The van der Waals surface area contributed by atoms with Gasteiger partial charge in [0, 0.05) is 27.1 Å². The van der Waals surface area contributed by atoms with Gasteiger partial charge in [-0.05, 0) is 30.5 Å². The maximum atomic E-state index is 6.46. The fourth-order valence-corrected chi connectivity index (χ4v) is 4.70. The Morgan fingerprint density at radius 1 is 0.852 bits per heavy atom. The van der Waals surface area contributed by atoms with Gasteiger partial charge in [0.15, 0.2) is 11.2 Å². The third-order valence-electron chi connectivity index (χ3n) is 5.93. The molecule has 3 nitrogen and oxygen atoms in total. The Morgan fingerprint density at radius 2 is 1.74 bits per heavy atom. The van der Waals surface area contributed by atoms with Crippen molar-refractivity contribution in [3.8, 4) is 0 Å². The summed E-state index contributed by atoms with van der Waals surface area (Å²) in [6, 6.07) is 16.7. The molecule has 0 bridgehead atoms. The van der Waals surface area contributed by atoms with E-state index in [-0.39, 0.29) is 0 Å². The third kappa shape index (κ3) is 1.62. The van der Waals surface area contributed by atoms with Crippen molar-refractivity contribution >= 4 is 34.3 Å². The molecule has 0 saturated carbocycles. The van der Waals surface area contributed by atoms with E-state index in [4.69, 9.17) is 14.4 Å². The number of allylic oxidation sites excluding steroid dienone is 2. The maximum Gasteiger partial charge on any atom is 0.160 e. The Hall–Kier alpha value is -3.46. The Morgan fingerprint density at radius 3 is 2.74 bits per heavy atom. The molecule has 1 aromatic heterocycles. The van der Waals surface area contributed by atoms with Crippen molar-refractivity contribution in [1.29, 1.82) is 0 Å². The number of benzene rings is 2. The van der Waals surface area contributed by atoms with Gasteiger partial charge in [-0.2, -0.15) is 0 Å². The highest BCUT2D eigenvalue weighted by molar-refractivity contribution is 6.36. The van der Waals surface area contributed by atoms with Gasteiger partial charge < -0.3 is 4.42 Å². The number of hydrogen-bond donors (Lipinski definition) is 0. The molecular formula is C24H14N2O. The predicted molar refractivity (Wildman–Crippen MR) is 105 cm³/mol. The summed E-state index contributed by atoms with van der Waals surface area (Å²) >= 11 is 0. The highest BCUT2D eigenvalue weighted by Gasteiger charge is 2.31. The van der Waals surface area contributed by atoms with E-state index in [0.717, 1.165) is 46.5 Å². The van der Waals surface area contributed by atoms with Crippen molar-refractivity contribution in [2.45, 2.75) is 12.8 Å². The fourth-order valence-electron chi connectivity index (χ4n) is 4.70. The Balaban J connectivity index is 1.55. The van der Waals surface area contributed by atoms with Crippen molar-refractivity contribution in [3.05, 3.63) is 92.7 Å². The first-order valence-electron chi connectivity index (χ1n) is 9.31.